The van der Waals surface area contributed by atoms with Crippen LogP contribution in [0.1, 0.15) is 88.2 Å². The zero-order chi connectivity index (χ0) is 44.2. The van der Waals surface area contributed by atoms with Crippen LogP contribution in [0.25, 0.3) is 44.1 Å². The Hall–Kier alpha value is -6.84. The number of hydrogen-bond acceptors (Lipinski definition) is 9. The maximum absolute atomic E-state index is 13.1. The Morgan fingerprint density at radius 3 is 1.65 bits per heavy atom. The third-order valence-corrected chi connectivity index (χ3v) is 11.2. The van der Waals surface area contributed by atoms with Crippen molar-refractivity contribution in [3.63, 3.8) is 0 Å². The molecule has 2 atom stereocenters. The van der Waals surface area contributed by atoms with E-state index in [0.717, 1.165) is 44.1 Å². The number of aromatic nitrogens is 6. The first kappa shape index (κ1) is 43.3. The minimum absolute atomic E-state index is 0.0144. The molecule has 2 fully saturated rings. The van der Waals surface area contributed by atoms with Gasteiger partial charge in [0.25, 0.3) is 11.8 Å². The second kappa shape index (κ2) is 18.0. The normalized spacial score (nSPS) is 17.3. The summed E-state index contributed by atoms with van der Waals surface area (Å²) in [5, 5.41) is 31.6. The highest BCUT2D eigenvalue weighted by Crippen LogP contribution is 2.33. The van der Waals surface area contributed by atoms with Crippen LogP contribution in [0.2, 0.25) is 0 Å². The maximum atomic E-state index is 13.1. The third kappa shape index (κ3) is 10.2. The number of rotatable bonds is 6. The van der Waals surface area contributed by atoms with Gasteiger partial charge >= 0.3 is 12.2 Å². The van der Waals surface area contributed by atoms with Crippen LogP contribution in [-0.2, 0) is 4.74 Å². The van der Waals surface area contributed by atoms with Gasteiger partial charge in [0.1, 0.15) is 5.60 Å². The Bertz CT molecular complexity index is 2540. The van der Waals surface area contributed by atoms with Crippen molar-refractivity contribution in [3.05, 3.63) is 96.8 Å². The van der Waals surface area contributed by atoms with Crippen molar-refractivity contribution < 1.29 is 29.0 Å². The predicted molar refractivity (Wildman–Crippen MR) is 235 cm³/mol. The number of amides is 4. The van der Waals surface area contributed by atoms with Gasteiger partial charge < -0.3 is 30.3 Å². The molecule has 4 aromatic heterocycles. The van der Waals surface area contributed by atoms with Gasteiger partial charge in [0.2, 0.25) is 0 Å². The second-order valence-corrected chi connectivity index (χ2v) is 17.9. The summed E-state index contributed by atoms with van der Waals surface area (Å²) in [4.78, 5) is 61.4. The summed E-state index contributed by atoms with van der Waals surface area (Å²) < 4.78 is 5.43. The summed E-state index contributed by atoms with van der Waals surface area (Å²) in [5.74, 6) is -0.471. The van der Waals surface area contributed by atoms with Crippen LogP contribution in [0.5, 0.6) is 0 Å². The number of nitrogens with one attached hydrogen (secondary N) is 4. The summed E-state index contributed by atoms with van der Waals surface area (Å²) >= 11 is 0. The van der Waals surface area contributed by atoms with Gasteiger partial charge in [-0.05, 0) is 99.4 Å². The molecule has 5 N–H and O–H groups in total. The van der Waals surface area contributed by atoms with E-state index in [4.69, 9.17) is 4.74 Å². The van der Waals surface area contributed by atoms with E-state index >= 15 is 0 Å². The molecule has 0 bridgehead atoms. The molecule has 0 aliphatic carbocycles. The molecule has 16 nitrogen and oxygen atoms in total. The summed E-state index contributed by atoms with van der Waals surface area (Å²) in [5.41, 5.74) is 5.43. The largest absolute Gasteiger partial charge is 0.465 e. The minimum atomic E-state index is -0.911. The van der Waals surface area contributed by atoms with Gasteiger partial charge in [-0.15, -0.1) is 0 Å². The lowest BCUT2D eigenvalue weighted by atomic mass is 9.79. The van der Waals surface area contributed by atoms with E-state index in [1.165, 1.54) is 4.90 Å². The van der Waals surface area contributed by atoms with E-state index in [0.29, 0.717) is 56.7 Å². The number of pyridine rings is 2. The van der Waals surface area contributed by atoms with Gasteiger partial charge in [0.05, 0.1) is 11.0 Å². The molecule has 62 heavy (non-hydrogen) atoms. The van der Waals surface area contributed by atoms with Crippen LogP contribution in [0, 0.1) is 5.41 Å². The molecule has 16 heteroatoms. The highest BCUT2D eigenvalue weighted by Gasteiger charge is 2.39. The number of carbonyl (C=O) groups is 4. The fourth-order valence-corrected chi connectivity index (χ4v) is 7.99. The topological polar surface area (TPSA) is 211 Å². The molecule has 2 unspecified atom stereocenters. The third-order valence-electron chi connectivity index (χ3n) is 11.2. The zero-order valence-electron chi connectivity index (χ0n) is 35.9. The van der Waals surface area contributed by atoms with Gasteiger partial charge in [-0.1, -0.05) is 45.0 Å². The summed E-state index contributed by atoms with van der Waals surface area (Å²) in [6.45, 7) is 13.1. The van der Waals surface area contributed by atoms with Crippen LogP contribution < -0.4 is 10.6 Å². The highest BCUT2D eigenvalue weighted by atomic mass is 16.6. The van der Waals surface area contributed by atoms with Gasteiger partial charge in [-0.25, -0.2) is 9.59 Å². The first-order chi connectivity index (χ1) is 29.5. The molecule has 2 aliphatic heterocycles. The Morgan fingerprint density at radius 1 is 0.694 bits per heavy atom. The zero-order valence-corrected chi connectivity index (χ0v) is 35.9. The Labute approximate surface area is 359 Å². The molecular weight excluding hydrogens is 789 g/mol. The first-order valence-electron chi connectivity index (χ1n) is 20.9. The summed E-state index contributed by atoms with van der Waals surface area (Å²) in [6.07, 6.45) is 8.31. The Kier molecular flexibility index (Phi) is 12.6. The van der Waals surface area contributed by atoms with E-state index in [2.05, 4.69) is 41.0 Å². The van der Waals surface area contributed by atoms with Crippen LogP contribution in [0.15, 0.2) is 85.5 Å². The van der Waals surface area contributed by atoms with Crippen molar-refractivity contribution in [1.82, 2.24) is 50.8 Å². The number of ether oxygens (including phenoxy) is 1. The molecule has 6 aromatic rings. The lowest BCUT2D eigenvalue weighted by Gasteiger charge is -2.44. The van der Waals surface area contributed by atoms with Crippen LogP contribution in [-0.4, -0.2) is 113 Å². The fourth-order valence-electron chi connectivity index (χ4n) is 7.99. The van der Waals surface area contributed by atoms with Crippen molar-refractivity contribution >= 4 is 45.8 Å². The van der Waals surface area contributed by atoms with Crippen molar-refractivity contribution in [3.8, 4) is 22.3 Å². The Morgan fingerprint density at radius 2 is 1.19 bits per heavy atom. The van der Waals surface area contributed by atoms with Crippen LogP contribution >= 0.6 is 0 Å². The fraction of sp³-hybridized carbons (Fsp3) is 0.391. The molecule has 2 saturated heterocycles. The van der Waals surface area contributed by atoms with Crippen molar-refractivity contribution in [2.45, 2.75) is 91.0 Å². The molecule has 0 spiro atoms. The van der Waals surface area contributed by atoms with E-state index in [1.807, 2.05) is 102 Å². The van der Waals surface area contributed by atoms with Crippen LogP contribution in [0.4, 0.5) is 9.59 Å². The van der Waals surface area contributed by atoms with Gasteiger partial charge in [-0.2, -0.15) is 10.2 Å². The monoisotopic (exact) mass is 842 g/mol. The van der Waals surface area contributed by atoms with E-state index in [9.17, 15) is 24.3 Å². The quantitative estimate of drug-likeness (QED) is 0.110. The molecule has 4 amide bonds. The molecule has 0 radical (unpaired) electrons. The number of carbonyl (C=O) groups excluding carboxylic acids is 3. The van der Waals surface area contributed by atoms with E-state index in [1.54, 1.807) is 29.7 Å². The van der Waals surface area contributed by atoms with Gasteiger partial charge in [0, 0.05) is 84.4 Å². The minimum Gasteiger partial charge on any atom is -0.465 e. The SMILES string of the molecule is CC(C)(C)C1CC(NC(=O)c2n[nH]c3ccc(-c4cccnc4)cc23)CCN1C(=O)O.CC(C)(C)OC(=O)N1CCC(NC(=O)c2n[nH]c3ccc(-c4cccnc4)cc23)CC1. The number of aromatic amines is 2. The number of fused-ring (bicyclic) bond motifs is 2. The van der Waals surface area contributed by atoms with Crippen molar-refractivity contribution in [2.75, 3.05) is 19.6 Å². The van der Waals surface area contributed by atoms with Gasteiger partial charge in [-0.3, -0.25) is 29.8 Å². The van der Waals surface area contributed by atoms with E-state index in [-0.39, 0.29) is 41.4 Å². The number of H-pyrrole nitrogens is 2. The highest BCUT2D eigenvalue weighted by molar-refractivity contribution is 6.06. The van der Waals surface area contributed by atoms with Crippen LogP contribution in [0.3, 0.4) is 0 Å². The lowest BCUT2D eigenvalue weighted by Crippen LogP contribution is -2.56. The first-order valence-corrected chi connectivity index (χ1v) is 20.9. The van der Waals surface area contributed by atoms with Gasteiger partial charge in [0.15, 0.2) is 11.4 Å². The molecule has 2 aliphatic rings. The number of piperidine rings is 2. The average Bonchev–Trinajstić information content (AvgIpc) is 3.88. The van der Waals surface area contributed by atoms with E-state index < -0.39 is 11.7 Å². The molecule has 8 rings (SSSR count). The number of benzene rings is 2. The Balaban J connectivity index is 0.000000186. The van der Waals surface area contributed by atoms with Crippen molar-refractivity contribution in [1.29, 1.82) is 0 Å². The lowest BCUT2D eigenvalue weighted by molar-refractivity contribution is 0.0199. The second-order valence-electron chi connectivity index (χ2n) is 17.9. The molecule has 2 aromatic carbocycles. The average molecular weight is 843 g/mol. The standard InChI is InChI=1S/2C23H27N5O3/c1-23(2,3)31-22(30)28-11-8-17(9-12-28)25-21(29)20-18-13-15(6-7-19(18)26-27-20)16-5-4-10-24-14-16;1-23(2,3)19-12-16(8-10-28(19)22(30)31)25-21(29)20-17-11-14(6-7-18(17)26-27-20)15-5-4-9-24-13-15/h4-7,10,13-14,17H,8-9,11-12H2,1-3H3,(H,25,29)(H,26,27);4-7,9,11,13,16,19H,8,10,12H2,1-3H3,(H,25,29)(H,26,27)(H,30,31). The molecule has 0 saturated carbocycles. The molecule has 324 valence electrons. The molecular formula is C46H54N10O6. The number of hydrogen-bond donors (Lipinski definition) is 5. The predicted octanol–water partition coefficient (Wildman–Crippen LogP) is 7.67. The molecule has 6 heterocycles. The summed E-state index contributed by atoms with van der Waals surface area (Å²) in [7, 11) is 0. The smallest absolute Gasteiger partial charge is 0.410 e. The maximum Gasteiger partial charge on any atom is 0.410 e. The van der Waals surface area contributed by atoms with Crippen molar-refractivity contribution in [2.24, 2.45) is 5.41 Å². The summed E-state index contributed by atoms with van der Waals surface area (Å²) in [6, 6.07) is 19.1. The number of nitrogens with zero attached hydrogens (tertiary/aromatic N) is 6. The number of carboxylic acid groups (broad SMARTS) is 1. The number of likely N-dealkylation sites (tertiary alicyclic amines) is 2.